The molecule has 4 aliphatic carbocycles. The van der Waals surface area contributed by atoms with E-state index in [9.17, 15) is 5.11 Å². The second kappa shape index (κ2) is 4.22. The van der Waals surface area contributed by atoms with Gasteiger partial charge in [0.2, 0.25) is 0 Å². The van der Waals surface area contributed by atoms with Crippen LogP contribution in [0.25, 0.3) is 0 Å². The number of fused-ring (bicyclic) bond motifs is 5. The number of aliphatic hydroxyl groups excluding tert-OH is 1. The van der Waals surface area contributed by atoms with Gasteiger partial charge in [-0.25, -0.2) is 0 Å². The molecule has 0 aromatic carbocycles. The fourth-order valence-electron chi connectivity index (χ4n) is 6.19. The summed E-state index contributed by atoms with van der Waals surface area (Å²) >= 11 is 0. The molecule has 4 rings (SSSR count). The summed E-state index contributed by atoms with van der Waals surface area (Å²) in [5.41, 5.74) is 2.48. The van der Waals surface area contributed by atoms with Crippen molar-refractivity contribution in [2.75, 3.05) is 0 Å². The van der Waals surface area contributed by atoms with Crippen LogP contribution in [0.3, 0.4) is 0 Å². The molecule has 0 bridgehead atoms. The molecule has 20 heavy (non-hydrogen) atoms. The van der Waals surface area contributed by atoms with E-state index in [-0.39, 0.29) is 6.10 Å². The Balaban J connectivity index is 1.68. The summed E-state index contributed by atoms with van der Waals surface area (Å²) in [7, 11) is 0. The first kappa shape index (κ1) is 13.1. The molecule has 0 radical (unpaired) electrons. The van der Waals surface area contributed by atoms with Crippen molar-refractivity contribution in [2.45, 2.75) is 64.9 Å². The van der Waals surface area contributed by atoms with Gasteiger partial charge >= 0.3 is 0 Å². The Kier molecular flexibility index (Phi) is 2.77. The second-order valence-corrected chi connectivity index (χ2v) is 8.31. The molecule has 1 heteroatoms. The van der Waals surface area contributed by atoms with Gasteiger partial charge in [0.25, 0.3) is 0 Å². The van der Waals surface area contributed by atoms with Crippen molar-refractivity contribution in [1.82, 2.24) is 0 Å². The highest BCUT2D eigenvalue weighted by Crippen LogP contribution is 2.63. The van der Waals surface area contributed by atoms with Crippen LogP contribution >= 0.6 is 0 Å². The molecule has 0 saturated heterocycles. The molecule has 1 nitrogen and oxygen atoms in total. The van der Waals surface area contributed by atoms with Crippen LogP contribution in [0, 0.1) is 28.6 Å². The van der Waals surface area contributed by atoms with Gasteiger partial charge in [-0.05, 0) is 73.5 Å². The summed E-state index contributed by atoms with van der Waals surface area (Å²) in [5, 5.41) is 9.96. The molecular weight excluding hydrogens is 244 g/mol. The molecular formula is C19H28O. The smallest absolute Gasteiger partial charge is 0.0724 e. The maximum Gasteiger partial charge on any atom is 0.0724 e. The van der Waals surface area contributed by atoms with Crippen molar-refractivity contribution in [3.63, 3.8) is 0 Å². The minimum Gasteiger partial charge on any atom is -0.389 e. The first-order valence-electron chi connectivity index (χ1n) is 8.60. The van der Waals surface area contributed by atoms with Crippen LogP contribution in [-0.2, 0) is 0 Å². The highest BCUT2D eigenvalue weighted by molar-refractivity contribution is 5.26. The normalized spacial score (nSPS) is 53.9. The Morgan fingerprint density at radius 1 is 1.10 bits per heavy atom. The third-order valence-corrected chi connectivity index (χ3v) is 7.42. The van der Waals surface area contributed by atoms with Crippen LogP contribution in [-0.4, -0.2) is 11.2 Å². The second-order valence-electron chi connectivity index (χ2n) is 8.31. The number of hydrogen-bond donors (Lipinski definition) is 1. The summed E-state index contributed by atoms with van der Waals surface area (Å²) in [6.07, 6.45) is 15.9. The van der Waals surface area contributed by atoms with Crippen LogP contribution in [0.2, 0.25) is 0 Å². The van der Waals surface area contributed by atoms with E-state index in [2.05, 4.69) is 32.1 Å². The Morgan fingerprint density at radius 3 is 2.80 bits per heavy atom. The van der Waals surface area contributed by atoms with Crippen molar-refractivity contribution in [2.24, 2.45) is 28.6 Å². The van der Waals surface area contributed by atoms with Crippen molar-refractivity contribution in [1.29, 1.82) is 0 Å². The van der Waals surface area contributed by atoms with E-state index in [1.165, 1.54) is 38.5 Å². The molecule has 2 fully saturated rings. The van der Waals surface area contributed by atoms with E-state index in [1.807, 2.05) is 0 Å². The van der Waals surface area contributed by atoms with E-state index in [0.29, 0.717) is 10.8 Å². The molecule has 0 aromatic heterocycles. The van der Waals surface area contributed by atoms with E-state index in [1.54, 1.807) is 5.57 Å². The zero-order chi connectivity index (χ0) is 14.0. The fraction of sp³-hybridized carbons (Fsp3) is 0.789. The predicted molar refractivity (Wildman–Crippen MR) is 82.2 cm³/mol. The molecule has 1 N–H and O–H groups in total. The molecule has 0 heterocycles. The number of rotatable bonds is 0. The third-order valence-electron chi connectivity index (χ3n) is 7.42. The summed E-state index contributed by atoms with van der Waals surface area (Å²) in [6, 6.07) is 0. The summed E-state index contributed by atoms with van der Waals surface area (Å²) in [6.45, 7) is 5.00. The minimum atomic E-state index is -0.170. The molecule has 0 spiro atoms. The van der Waals surface area contributed by atoms with Crippen molar-refractivity contribution in [3.8, 4) is 0 Å². The highest BCUT2D eigenvalue weighted by Gasteiger charge is 2.54. The summed E-state index contributed by atoms with van der Waals surface area (Å²) < 4.78 is 0. The first-order chi connectivity index (χ1) is 9.53. The van der Waals surface area contributed by atoms with E-state index < -0.39 is 0 Å². The largest absolute Gasteiger partial charge is 0.389 e. The van der Waals surface area contributed by atoms with Crippen molar-refractivity contribution >= 4 is 0 Å². The number of aliphatic hydroxyl groups is 1. The number of allylic oxidation sites excluding steroid dienone is 3. The average Bonchev–Trinajstić information content (AvgIpc) is 2.81. The number of hydrogen-bond acceptors (Lipinski definition) is 1. The zero-order valence-corrected chi connectivity index (χ0v) is 12.9. The van der Waals surface area contributed by atoms with Gasteiger partial charge in [-0.1, -0.05) is 37.6 Å². The van der Waals surface area contributed by atoms with E-state index >= 15 is 0 Å². The molecule has 2 saturated carbocycles. The van der Waals surface area contributed by atoms with Crippen LogP contribution in [0.5, 0.6) is 0 Å². The van der Waals surface area contributed by atoms with Gasteiger partial charge in [0.1, 0.15) is 0 Å². The lowest BCUT2D eigenvalue weighted by atomic mass is 9.47. The first-order valence-corrected chi connectivity index (χ1v) is 8.60. The van der Waals surface area contributed by atoms with Crippen LogP contribution in [0.4, 0.5) is 0 Å². The van der Waals surface area contributed by atoms with Crippen molar-refractivity contribution < 1.29 is 5.11 Å². The van der Waals surface area contributed by atoms with Gasteiger partial charge in [-0.2, -0.15) is 0 Å². The lowest BCUT2D eigenvalue weighted by Gasteiger charge is -2.57. The quantitative estimate of drug-likeness (QED) is 0.645. The fourth-order valence-corrected chi connectivity index (χ4v) is 6.19. The van der Waals surface area contributed by atoms with Gasteiger partial charge in [-0.3, -0.25) is 0 Å². The van der Waals surface area contributed by atoms with Crippen molar-refractivity contribution in [3.05, 3.63) is 23.8 Å². The van der Waals surface area contributed by atoms with Crippen LogP contribution in [0.1, 0.15) is 58.8 Å². The maximum absolute atomic E-state index is 9.96. The minimum absolute atomic E-state index is 0.170. The Labute approximate surface area is 123 Å². The van der Waals surface area contributed by atoms with Gasteiger partial charge < -0.3 is 5.11 Å². The predicted octanol–water partition coefficient (Wildman–Crippen LogP) is 4.48. The SMILES string of the molecule is C[C@@]12C=CC[C@@H]1[C@@H]1CCC3=C[C@@H](O)CC[C@]3(C)[C@@H]1CC2. The van der Waals surface area contributed by atoms with Gasteiger partial charge in [0, 0.05) is 0 Å². The summed E-state index contributed by atoms with van der Waals surface area (Å²) in [4.78, 5) is 0. The molecule has 4 aliphatic rings. The molecule has 0 aromatic rings. The molecule has 6 atom stereocenters. The maximum atomic E-state index is 9.96. The van der Waals surface area contributed by atoms with Gasteiger partial charge in [-0.15, -0.1) is 0 Å². The zero-order valence-electron chi connectivity index (χ0n) is 12.9. The Hall–Kier alpha value is -0.560. The van der Waals surface area contributed by atoms with E-state index in [0.717, 1.165) is 24.2 Å². The molecule has 110 valence electrons. The van der Waals surface area contributed by atoms with Gasteiger partial charge in [0.15, 0.2) is 0 Å². The highest BCUT2D eigenvalue weighted by atomic mass is 16.3. The average molecular weight is 272 g/mol. The van der Waals surface area contributed by atoms with Crippen LogP contribution in [0.15, 0.2) is 23.8 Å². The Morgan fingerprint density at radius 2 is 1.95 bits per heavy atom. The topological polar surface area (TPSA) is 20.2 Å². The summed E-state index contributed by atoms with van der Waals surface area (Å²) in [5.74, 6) is 2.68. The lowest BCUT2D eigenvalue weighted by Crippen LogP contribution is -2.49. The molecule has 0 aliphatic heterocycles. The molecule has 0 amide bonds. The monoisotopic (exact) mass is 272 g/mol. The standard InChI is InChI=1S/C19H28O/c1-18-9-3-4-16(18)15-6-5-13-12-14(20)7-11-19(13,2)17(15)8-10-18/h3,9,12,14-17,20H,4-8,10-11H2,1-2H3/t14-,15-,16+,17+,18-,19-/m0/s1. The van der Waals surface area contributed by atoms with Gasteiger partial charge in [0.05, 0.1) is 6.10 Å². The Bertz CT molecular complexity index is 476. The van der Waals surface area contributed by atoms with E-state index in [4.69, 9.17) is 0 Å². The third kappa shape index (κ3) is 1.65. The molecule has 0 unspecified atom stereocenters. The lowest BCUT2D eigenvalue weighted by molar-refractivity contribution is -0.0309. The van der Waals surface area contributed by atoms with Crippen LogP contribution < -0.4 is 0 Å².